The molecule has 18 heavy (non-hydrogen) atoms. The van der Waals surface area contributed by atoms with Crippen LogP contribution in [0.2, 0.25) is 0 Å². The number of aliphatic hydroxyl groups is 1. The van der Waals surface area contributed by atoms with Crippen molar-refractivity contribution in [1.82, 2.24) is 10.2 Å². The highest BCUT2D eigenvalue weighted by Crippen LogP contribution is 2.22. The van der Waals surface area contributed by atoms with E-state index in [2.05, 4.69) is 19.2 Å². The summed E-state index contributed by atoms with van der Waals surface area (Å²) >= 11 is 0. The molecule has 0 aromatic heterocycles. The maximum atomic E-state index is 12.3. The third-order valence-corrected chi connectivity index (χ3v) is 3.69. The first-order chi connectivity index (χ1) is 8.52. The number of hydrogen-bond donors (Lipinski definition) is 2. The molecule has 2 unspecified atom stereocenters. The minimum Gasteiger partial charge on any atom is -0.394 e. The lowest BCUT2D eigenvalue weighted by molar-refractivity contribution is -0.135. The molecule has 5 nitrogen and oxygen atoms in total. The molecule has 2 aliphatic heterocycles. The number of amides is 1. The maximum absolute atomic E-state index is 12.3. The molecule has 2 N–H and O–H groups in total. The Hall–Kier alpha value is -0.650. The Balaban J connectivity index is 2.05. The van der Waals surface area contributed by atoms with E-state index in [-0.39, 0.29) is 24.0 Å². The number of aliphatic hydroxyl groups excluding tert-OH is 1. The summed E-state index contributed by atoms with van der Waals surface area (Å²) in [5, 5.41) is 12.4. The summed E-state index contributed by atoms with van der Waals surface area (Å²) in [6.45, 7) is 7.04. The van der Waals surface area contributed by atoms with Crippen LogP contribution in [0.5, 0.6) is 0 Å². The number of nitrogens with zero attached hydrogens (tertiary/aromatic N) is 1. The highest BCUT2D eigenvalue weighted by molar-refractivity contribution is 5.82. The van der Waals surface area contributed by atoms with E-state index >= 15 is 0 Å². The molecule has 2 aliphatic rings. The van der Waals surface area contributed by atoms with E-state index in [1.165, 1.54) is 0 Å². The van der Waals surface area contributed by atoms with Crippen molar-refractivity contribution in [3.8, 4) is 0 Å². The Kier molecular flexibility index (Phi) is 4.25. The highest BCUT2D eigenvalue weighted by atomic mass is 16.5. The number of hydrogen-bond acceptors (Lipinski definition) is 4. The van der Waals surface area contributed by atoms with E-state index in [1.54, 1.807) is 0 Å². The van der Waals surface area contributed by atoms with Gasteiger partial charge in [0.25, 0.3) is 0 Å². The summed E-state index contributed by atoms with van der Waals surface area (Å²) in [6.07, 6.45) is 2.28. The monoisotopic (exact) mass is 256 g/mol. The molecule has 2 heterocycles. The number of carbonyl (C=O) groups excluding carboxylic acids is 1. The van der Waals surface area contributed by atoms with Gasteiger partial charge in [-0.3, -0.25) is 4.79 Å². The largest absolute Gasteiger partial charge is 0.394 e. The zero-order chi connectivity index (χ0) is 13.2. The average Bonchev–Trinajstić information content (AvgIpc) is 2.77. The van der Waals surface area contributed by atoms with E-state index in [9.17, 15) is 9.90 Å². The molecule has 2 atom stereocenters. The van der Waals surface area contributed by atoms with Gasteiger partial charge in [-0.25, -0.2) is 0 Å². The fraction of sp³-hybridized carbons (Fsp3) is 0.923. The molecule has 5 heteroatoms. The lowest BCUT2D eigenvalue weighted by atomic mass is 9.93. The predicted octanol–water partition coefficient (Wildman–Crippen LogP) is -0.0157. The summed E-state index contributed by atoms with van der Waals surface area (Å²) in [7, 11) is 0. The average molecular weight is 256 g/mol. The zero-order valence-corrected chi connectivity index (χ0v) is 11.3. The first kappa shape index (κ1) is 13.8. The SMILES string of the molecule is CC1(C)CNC(CO)C(=O)N(CC2CCCO2)C1. The summed E-state index contributed by atoms with van der Waals surface area (Å²) in [5.74, 6) is -0.00132. The highest BCUT2D eigenvalue weighted by Gasteiger charge is 2.35. The second-order valence-corrected chi connectivity index (χ2v) is 6.13. The van der Waals surface area contributed by atoms with E-state index in [0.717, 1.165) is 32.5 Å². The van der Waals surface area contributed by atoms with Gasteiger partial charge in [0.1, 0.15) is 6.04 Å². The summed E-state index contributed by atoms with van der Waals surface area (Å²) < 4.78 is 5.61. The first-order valence-electron chi connectivity index (χ1n) is 6.76. The normalized spacial score (nSPS) is 32.6. The zero-order valence-electron chi connectivity index (χ0n) is 11.3. The molecule has 0 spiro atoms. The third kappa shape index (κ3) is 3.22. The molecule has 0 radical (unpaired) electrons. The van der Waals surface area contributed by atoms with Gasteiger partial charge in [-0.15, -0.1) is 0 Å². The van der Waals surface area contributed by atoms with Crippen molar-refractivity contribution in [2.45, 2.75) is 38.8 Å². The van der Waals surface area contributed by atoms with Crippen LogP contribution in [-0.2, 0) is 9.53 Å². The van der Waals surface area contributed by atoms with Crippen molar-refractivity contribution in [3.63, 3.8) is 0 Å². The van der Waals surface area contributed by atoms with Gasteiger partial charge in [0.05, 0.1) is 12.7 Å². The predicted molar refractivity (Wildman–Crippen MR) is 68.2 cm³/mol. The molecule has 0 aliphatic carbocycles. The Labute approximate surface area is 108 Å². The van der Waals surface area contributed by atoms with Crippen molar-refractivity contribution in [2.75, 3.05) is 32.8 Å². The topological polar surface area (TPSA) is 61.8 Å². The molecule has 2 saturated heterocycles. The fourth-order valence-corrected chi connectivity index (χ4v) is 2.69. The molecule has 0 aromatic carbocycles. The van der Waals surface area contributed by atoms with Crippen LogP contribution in [0.1, 0.15) is 26.7 Å². The second-order valence-electron chi connectivity index (χ2n) is 6.13. The molecular formula is C13H24N2O3. The smallest absolute Gasteiger partial charge is 0.242 e. The lowest BCUT2D eigenvalue weighted by Gasteiger charge is -2.31. The second kappa shape index (κ2) is 5.55. The fourth-order valence-electron chi connectivity index (χ4n) is 2.69. The summed E-state index contributed by atoms with van der Waals surface area (Å²) in [4.78, 5) is 14.2. The van der Waals surface area contributed by atoms with Gasteiger partial charge in [0.15, 0.2) is 0 Å². The van der Waals surface area contributed by atoms with Crippen LogP contribution in [0.4, 0.5) is 0 Å². The molecule has 104 valence electrons. The van der Waals surface area contributed by atoms with Crippen LogP contribution in [-0.4, -0.2) is 60.9 Å². The van der Waals surface area contributed by atoms with Crippen molar-refractivity contribution in [2.24, 2.45) is 5.41 Å². The molecule has 0 bridgehead atoms. The third-order valence-electron chi connectivity index (χ3n) is 3.69. The van der Waals surface area contributed by atoms with Crippen LogP contribution in [0.15, 0.2) is 0 Å². The van der Waals surface area contributed by atoms with Crippen molar-refractivity contribution < 1.29 is 14.6 Å². The molecule has 0 aromatic rings. The number of rotatable bonds is 3. The van der Waals surface area contributed by atoms with Gasteiger partial charge in [-0.05, 0) is 18.3 Å². The van der Waals surface area contributed by atoms with Gasteiger partial charge >= 0.3 is 0 Å². The van der Waals surface area contributed by atoms with E-state index < -0.39 is 6.04 Å². The quantitative estimate of drug-likeness (QED) is 0.745. The Morgan fingerprint density at radius 2 is 2.33 bits per heavy atom. The number of nitrogens with one attached hydrogen (secondary N) is 1. The van der Waals surface area contributed by atoms with E-state index in [1.807, 2.05) is 4.90 Å². The Bertz CT molecular complexity index is 301. The standard InChI is InChI=1S/C13H24N2O3/c1-13(2)8-14-11(7-16)12(17)15(9-13)6-10-4-3-5-18-10/h10-11,14,16H,3-9H2,1-2H3. The van der Waals surface area contributed by atoms with Crippen LogP contribution in [0, 0.1) is 5.41 Å². The molecule has 1 amide bonds. The van der Waals surface area contributed by atoms with Crippen molar-refractivity contribution in [1.29, 1.82) is 0 Å². The van der Waals surface area contributed by atoms with Crippen molar-refractivity contribution >= 4 is 5.91 Å². The Morgan fingerprint density at radius 3 is 2.94 bits per heavy atom. The maximum Gasteiger partial charge on any atom is 0.242 e. The van der Waals surface area contributed by atoms with E-state index in [0.29, 0.717) is 6.54 Å². The number of ether oxygens (including phenoxy) is 1. The van der Waals surface area contributed by atoms with Crippen LogP contribution < -0.4 is 5.32 Å². The van der Waals surface area contributed by atoms with Crippen molar-refractivity contribution in [3.05, 3.63) is 0 Å². The first-order valence-corrected chi connectivity index (χ1v) is 6.76. The summed E-state index contributed by atoms with van der Waals surface area (Å²) in [5.41, 5.74) is 0.0260. The minimum absolute atomic E-state index is 0.00132. The van der Waals surface area contributed by atoms with Crippen LogP contribution in [0.25, 0.3) is 0 Å². The van der Waals surface area contributed by atoms with Gasteiger partial charge in [0.2, 0.25) is 5.91 Å². The number of carbonyl (C=O) groups is 1. The molecular weight excluding hydrogens is 232 g/mol. The molecule has 0 saturated carbocycles. The van der Waals surface area contributed by atoms with Crippen LogP contribution in [0.3, 0.4) is 0 Å². The molecule has 2 rings (SSSR count). The van der Waals surface area contributed by atoms with Gasteiger partial charge in [0, 0.05) is 26.2 Å². The Morgan fingerprint density at radius 1 is 1.56 bits per heavy atom. The minimum atomic E-state index is -0.465. The van der Waals surface area contributed by atoms with Gasteiger partial charge < -0.3 is 20.1 Å². The van der Waals surface area contributed by atoms with Crippen LogP contribution >= 0.6 is 0 Å². The molecule has 2 fully saturated rings. The van der Waals surface area contributed by atoms with Gasteiger partial charge in [-0.1, -0.05) is 13.8 Å². The van der Waals surface area contributed by atoms with E-state index in [4.69, 9.17) is 4.74 Å². The summed E-state index contributed by atoms with van der Waals surface area (Å²) in [6, 6.07) is -0.465. The van der Waals surface area contributed by atoms with Gasteiger partial charge in [-0.2, -0.15) is 0 Å². The lowest BCUT2D eigenvalue weighted by Crippen LogP contribution is -2.47.